The summed E-state index contributed by atoms with van der Waals surface area (Å²) >= 11 is 0. The Kier molecular flexibility index (Phi) is 9.82. The summed E-state index contributed by atoms with van der Waals surface area (Å²) in [5, 5.41) is 12.8. The van der Waals surface area contributed by atoms with Crippen molar-refractivity contribution in [3.63, 3.8) is 0 Å². The Hall–Kier alpha value is -3.07. The second kappa shape index (κ2) is 13.5. The first-order valence-electron chi connectivity index (χ1n) is 13.4. The van der Waals surface area contributed by atoms with Gasteiger partial charge in [0.1, 0.15) is 12.5 Å². The number of aromatic nitrogens is 1. The van der Waals surface area contributed by atoms with E-state index in [1.165, 1.54) is 24.1 Å². The van der Waals surface area contributed by atoms with E-state index in [0.717, 1.165) is 92.5 Å². The normalized spacial score (nSPS) is 15.6. The number of pyridine rings is 1. The van der Waals surface area contributed by atoms with Crippen molar-refractivity contribution >= 4 is 28.0 Å². The highest BCUT2D eigenvalue weighted by molar-refractivity contribution is 5.94. The molecule has 5 rings (SSSR count). The van der Waals surface area contributed by atoms with Crippen LogP contribution in [-0.4, -0.2) is 74.8 Å². The number of nitrogens with zero attached hydrogens (tertiary/aromatic N) is 3. The number of aliphatic hydroxyl groups excluding tert-OH is 1. The summed E-state index contributed by atoms with van der Waals surface area (Å²) in [6.45, 7) is 9.05. The Labute approximate surface area is 220 Å². The molecule has 0 spiro atoms. The van der Waals surface area contributed by atoms with Crippen LogP contribution < -0.4 is 20.7 Å². The summed E-state index contributed by atoms with van der Waals surface area (Å²) in [5.41, 5.74) is 12.6. The lowest BCUT2D eigenvalue weighted by molar-refractivity contribution is 0.111. The van der Waals surface area contributed by atoms with Crippen LogP contribution in [0.2, 0.25) is 0 Å². The van der Waals surface area contributed by atoms with Crippen LogP contribution in [0.25, 0.3) is 10.9 Å². The lowest BCUT2D eigenvalue weighted by Crippen LogP contribution is -2.47. The van der Waals surface area contributed by atoms with E-state index in [1.54, 1.807) is 7.11 Å². The van der Waals surface area contributed by atoms with E-state index < -0.39 is 0 Å². The van der Waals surface area contributed by atoms with Crippen LogP contribution in [0.1, 0.15) is 31.0 Å². The zero-order chi connectivity index (χ0) is 26.0. The number of nitrogens with one attached hydrogen (secondary N) is 1. The van der Waals surface area contributed by atoms with Crippen molar-refractivity contribution in [3.05, 3.63) is 53.7 Å². The Morgan fingerprint density at radius 3 is 2.49 bits per heavy atom. The average molecular weight is 508 g/mol. The second-order valence-electron chi connectivity index (χ2n) is 9.45. The molecular weight excluding hydrogens is 466 g/mol. The minimum atomic E-state index is -0.0796. The standard InChI is InChI=1S/C15H24N2O2.C14H17N3O/c1-3-19-13-12-16-8-10-17(11-9-16)14-4-6-15(18-2)7-5-14;15-14-10-3-1-2-4-12(10)17-13-6-5-9(16-8-18)7-11(13)14/h4-7H,3,8-13H2,1-2H3;5-7,16,18H,1-4,8H2,(H2,15,17). The van der Waals surface area contributed by atoms with Gasteiger partial charge in [-0.15, -0.1) is 0 Å². The Morgan fingerprint density at radius 2 is 1.78 bits per heavy atom. The molecular formula is C29H41N5O3. The molecule has 8 heteroatoms. The minimum Gasteiger partial charge on any atom is -0.497 e. The van der Waals surface area contributed by atoms with Crippen molar-refractivity contribution in [1.29, 1.82) is 0 Å². The minimum absolute atomic E-state index is 0.0796. The van der Waals surface area contributed by atoms with Crippen molar-refractivity contribution in [2.24, 2.45) is 0 Å². The third kappa shape index (κ3) is 7.03. The third-order valence-corrected chi connectivity index (χ3v) is 7.15. The van der Waals surface area contributed by atoms with Gasteiger partial charge in [0, 0.05) is 67.5 Å². The number of benzene rings is 2. The first kappa shape index (κ1) is 27.0. The van der Waals surface area contributed by atoms with Gasteiger partial charge in [0.15, 0.2) is 0 Å². The quantitative estimate of drug-likeness (QED) is 0.312. The summed E-state index contributed by atoms with van der Waals surface area (Å²) in [6.07, 6.45) is 4.46. The smallest absolute Gasteiger partial charge is 0.119 e. The van der Waals surface area contributed by atoms with E-state index in [4.69, 9.17) is 25.3 Å². The molecule has 0 atom stereocenters. The van der Waals surface area contributed by atoms with Crippen LogP contribution in [0.3, 0.4) is 0 Å². The Morgan fingerprint density at radius 1 is 1.03 bits per heavy atom. The van der Waals surface area contributed by atoms with Crippen molar-refractivity contribution in [3.8, 4) is 5.75 Å². The largest absolute Gasteiger partial charge is 0.497 e. The number of hydrogen-bond acceptors (Lipinski definition) is 8. The highest BCUT2D eigenvalue weighted by atomic mass is 16.5. The molecule has 4 N–H and O–H groups in total. The van der Waals surface area contributed by atoms with Gasteiger partial charge in [-0.05, 0) is 80.6 Å². The summed E-state index contributed by atoms with van der Waals surface area (Å²) in [6, 6.07) is 14.2. The number of piperazine rings is 1. The summed E-state index contributed by atoms with van der Waals surface area (Å²) in [7, 11) is 1.70. The first-order chi connectivity index (χ1) is 18.1. The molecule has 8 nitrogen and oxygen atoms in total. The highest BCUT2D eigenvalue weighted by Gasteiger charge is 2.17. The van der Waals surface area contributed by atoms with Crippen LogP contribution in [0.4, 0.5) is 17.1 Å². The Bertz CT molecular complexity index is 1130. The molecule has 37 heavy (non-hydrogen) atoms. The van der Waals surface area contributed by atoms with Crippen molar-refractivity contribution in [2.45, 2.75) is 32.6 Å². The van der Waals surface area contributed by atoms with E-state index in [2.05, 4.69) is 27.2 Å². The lowest BCUT2D eigenvalue weighted by Gasteiger charge is -2.36. The number of ether oxygens (including phenoxy) is 2. The monoisotopic (exact) mass is 507 g/mol. The van der Waals surface area contributed by atoms with Gasteiger partial charge in [-0.3, -0.25) is 9.88 Å². The zero-order valence-electron chi connectivity index (χ0n) is 22.2. The van der Waals surface area contributed by atoms with Crippen LogP contribution in [0, 0.1) is 0 Å². The number of nitrogens with two attached hydrogens (primary N) is 1. The van der Waals surface area contributed by atoms with Gasteiger partial charge in [0.2, 0.25) is 0 Å². The van der Waals surface area contributed by atoms with Crippen molar-refractivity contribution < 1.29 is 14.6 Å². The Balaban J connectivity index is 0.000000173. The number of rotatable bonds is 8. The summed E-state index contributed by atoms with van der Waals surface area (Å²) in [4.78, 5) is 9.60. The van der Waals surface area contributed by atoms with Crippen molar-refractivity contribution in [1.82, 2.24) is 9.88 Å². The maximum absolute atomic E-state index is 8.90. The molecule has 0 radical (unpaired) electrons. The van der Waals surface area contributed by atoms with Crippen LogP contribution in [-0.2, 0) is 17.6 Å². The number of nitrogen functional groups attached to an aromatic ring is 1. The molecule has 2 aromatic carbocycles. The first-order valence-corrected chi connectivity index (χ1v) is 13.4. The third-order valence-electron chi connectivity index (χ3n) is 7.15. The molecule has 0 bridgehead atoms. The SMILES string of the molecule is CCOCCN1CCN(c2ccc(OC)cc2)CC1.Nc1c2c(nc3ccc(NCO)cc13)CCCC2. The number of methoxy groups -OCH3 is 1. The van der Waals surface area contributed by atoms with Gasteiger partial charge in [0.25, 0.3) is 0 Å². The molecule has 1 aliphatic heterocycles. The molecule has 0 amide bonds. The highest BCUT2D eigenvalue weighted by Crippen LogP contribution is 2.32. The fraction of sp³-hybridized carbons (Fsp3) is 0.483. The predicted molar refractivity (Wildman–Crippen MR) is 152 cm³/mol. The molecule has 200 valence electrons. The maximum atomic E-state index is 8.90. The van der Waals surface area contributed by atoms with Gasteiger partial charge in [-0.1, -0.05) is 0 Å². The molecule has 3 aromatic rings. The number of aryl methyl sites for hydroxylation is 1. The van der Waals surface area contributed by atoms with E-state index in [0.29, 0.717) is 0 Å². The number of hydrogen-bond donors (Lipinski definition) is 3. The van der Waals surface area contributed by atoms with Gasteiger partial charge in [-0.2, -0.15) is 0 Å². The molecule has 1 fully saturated rings. The lowest BCUT2D eigenvalue weighted by atomic mass is 9.93. The van der Waals surface area contributed by atoms with Crippen LogP contribution in [0.15, 0.2) is 42.5 Å². The topological polar surface area (TPSA) is 96.1 Å². The number of aliphatic hydroxyl groups is 1. The average Bonchev–Trinajstić information content (AvgIpc) is 2.95. The number of anilines is 3. The van der Waals surface area contributed by atoms with E-state index in [1.807, 2.05) is 37.3 Å². The molecule has 1 saturated heterocycles. The van der Waals surface area contributed by atoms with Gasteiger partial charge in [-0.25, -0.2) is 0 Å². The second-order valence-corrected chi connectivity index (χ2v) is 9.45. The summed E-state index contributed by atoms with van der Waals surface area (Å²) < 4.78 is 10.6. The molecule has 1 aliphatic carbocycles. The molecule has 0 unspecified atom stereocenters. The van der Waals surface area contributed by atoms with Crippen LogP contribution >= 0.6 is 0 Å². The summed E-state index contributed by atoms with van der Waals surface area (Å²) in [5.74, 6) is 0.916. The van der Waals surface area contributed by atoms with E-state index >= 15 is 0 Å². The molecule has 2 aliphatic rings. The van der Waals surface area contributed by atoms with Crippen molar-refractivity contribution in [2.75, 3.05) is 75.7 Å². The van der Waals surface area contributed by atoms with Gasteiger partial charge in [0.05, 0.1) is 19.2 Å². The maximum Gasteiger partial charge on any atom is 0.119 e. The van der Waals surface area contributed by atoms with E-state index in [9.17, 15) is 0 Å². The zero-order valence-corrected chi connectivity index (χ0v) is 22.2. The molecule has 2 heterocycles. The van der Waals surface area contributed by atoms with Crippen LogP contribution in [0.5, 0.6) is 5.75 Å². The molecule has 1 aromatic heterocycles. The van der Waals surface area contributed by atoms with E-state index in [-0.39, 0.29) is 6.73 Å². The van der Waals surface area contributed by atoms with Gasteiger partial charge >= 0.3 is 0 Å². The number of fused-ring (bicyclic) bond motifs is 2. The van der Waals surface area contributed by atoms with Gasteiger partial charge < -0.3 is 30.5 Å². The fourth-order valence-electron chi connectivity index (χ4n) is 5.02. The predicted octanol–water partition coefficient (Wildman–Crippen LogP) is 3.91. The molecule has 0 saturated carbocycles. The fourth-order valence-corrected chi connectivity index (χ4v) is 5.02.